The van der Waals surface area contributed by atoms with Crippen molar-refractivity contribution in [3.8, 4) is 0 Å². The van der Waals surface area contributed by atoms with Gasteiger partial charge in [-0.25, -0.2) is 0 Å². The van der Waals surface area contributed by atoms with E-state index in [9.17, 15) is 24.0 Å². The summed E-state index contributed by atoms with van der Waals surface area (Å²) in [5.74, 6) is -4.36. The average Bonchev–Trinajstić information content (AvgIpc) is 2.69. The van der Waals surface area contributed by atoms with Crippen LogP contribution in [-0.4, -0.2) is 82.0 Å². The molecule has 0 aromatic heterocycles. The zero-order valence-corrected chi connectivity index (χ0v) is 17.6. The summed E-state index contributed by atoms with van der Waals surface area (Å²) in [5, 5.41) is 21.4. The van der Waals surface area contributed by atoms with Crippen molar-refractivity contribution in [3.05, 3.63) is 0 Å². The van der Waals surface area contributed by atoms with E-state index in [4.69, 9.17) is 33.1 Å². The van der Waals surface area contributed by atoms with Crippen molar-refractivity contribution in [1.82, 2.24) is 10.6 Å². The van der Waals surface area contributed by atoms with Crippen LogP contribution < -0.4 is 33.6 Å². The first-order valence-electron chi connectivity index (χ1n) is 9.18. The van der Waals surface area contributed by atoms with Crippen molar-refractivity contribution >= 4 is 46.6 Å². The number of carboxylic acids is 2. The average molecular weight is 464 g/mol. The second-order valence-electron chi connectivity index (χ2n) is 6.40. The Kier molecular flexibility index (Phi) is 13.6. The molecule has 0 rings (SSSR count). The van der Waals surface area contributed by atoms with Crippen molar-refractivity contribution in [2.45, 2.75) is 43.8 Å². The molecule has 0 saturated heterocycles. The van der Waals surface area contributed by atoms with Crippen LogP contribution in [0.25, 0.3) is 0 Å². The summed E-state index contributed by atoms with van der Waals surface area (Å²) >= 11 is 0.700. The van der Waals surface area contributed by atoms with Crippen molar-refractivity contribution in [1.29, 1.82) is 0 Å². The van der Waals surface area contributed by atoms with Crippen LogP contribution in [0.3, 0.4) is 0 Å². The second-order valence-corrected chi connectivity index (χ2v) is 7.42. The molecule has 14 nitrogen and oxygen atoms in total. The van der Waals surface area contributed by atoms with E-state index in [1.807, 2.05) is 0 Å². The van der Waals surface area contributed by atoms with Gasteiger partial charge in [0.25, 0.3) is 0 Å². The molecular weight excluding hydrogens is 434 g/mol. The molecule has 0 aliphatic rings. The van der Waals surface area contributed by atoms with Crippen LogP contribution in [-0.2, 0) is 24.0 Å². The summed E-state index contributed by atoms with van der Waals surface area (Å²) in [6.07, 6.45) is 0.295. The van der Waals surface area contributed by atoms with Crippen LogP contribution in [0, 0.1) is 0 Å². The predicted octanol–water partition coefficient (Wildman–Crippen LogP) is -3.50. The molecule has 0 saturated carbocycles. The second kappa shape index (κ2) is 15.0. The molecule has 176 valence electrons. The van der Waals surface area contributed by atoms with Crippen LogP contribution in [0.4, 0.5) is 0 Å². The maximum atomic E-state index is 12.2. The van der Waals surface area contributed by atoms with Gasteiger partial charge in [-0.2, -0.15) is 0 Å². The van der Waals surface area contributed by atoms with Gasteiger partial charge in [0.05, 0.1) is 6.04 Å². The lowest BCUT2D eigenvalue weighted by Crippen LogP contribution is -2.50. The number of hydrogen-bond acceptors (Lipinski definition) is 9. The van der Waals surface area contributed by atoms with Gasteiger partial charge in [-0.05, 0) is 19.3 Å². The minimum atomic E-state index is -1.29. The third-order valence-corrected chi connectivity index (χ3v) is 4.82. The molecule has 15 heteroatoms. The van der Waals surface area contributed by atoms with E-state index in [-0.39, 0.29) is 31.0 Å². The van der Waals surface area contributed by atoms with Crippen LogP contribution in [0.1, 0.15) is 25.7 Å². The Bertz CT molecular complexity index is 685. The van der Waals surface area contributed by atoms with E-state index in [0.717, 1.165) is 0 Å². The number of rotatable bonds is 15. The highest BCUT2D eigenvalue weighted by Gasteiger charge is 2.25. The summed E-state index contributed by atoms with van der Waals surface area (Å²) < 4.78 is 0. The van der Waals surface area contributed by atoms with Crippen LogP contribution in [0.5, 0.6) is 0 Å². The number of carbonyl (C=O) groups excluding carboxylic acids is 3. The van der Waals surface area contributed by atoms with Gasteiger partial charge in [-0.1, -0.05) is 11.8 Å². The lowest BCUT2D eigenvalue weighted by atomic mass is 10.1. The molecule has 12 N–H and O–H groups in total. The van der Waals surface area contributed by atoms with Crippen molar-refractivity contribution in [3.63, 3.8) is 0 Å². The number of aliphatic carboxylic acids is 2. The quantitative estimate of drug-likeness (QED) is 0.0667. The number of carbonyl (C=O) groups is 5. The summed E-state index contributed by atoms with van der Waals surface area (Å²) in [4.78, 5) is 61.5. The van der Waals surface area contributed by atoms with Gasteiger partial charge < -0.3 is 43.8 Å². The van der Waals surface area contributed by atoms with Crippen molar-refractivity contribution in [2.24, 2.45) is 27.9 Å². The van der Waals surface area contributed by atoms with Gasteiger partial charge in [0.2, 0.25) is 16.9 Å². The third kappa shape index (κ3) is 13.8. The van der Waals surface area contributed by atoms with Crippen molar-refractivity contribution in [2.75, 3.05) is 18.8 Å². The Morgan fingerprint density at radius 2 is 1.65 bits per heavy atom. The molecule has 2 amide bonds. The molecular formula is C16H29N7O7S. The summed E-state index contributed by atoms with van der Waals surface area (Å²) in [6, 6.07) is -3.35. The Hall–Kier alpha value is -2.91. The highest BCUT2D eigenvalue weighted by atomic mass is 32.2. The van der Waals surface area contributed by atoms with Gasteiger partial charge in [0.1, 0.15) is 18.6 Å². The Morgan fingerprint density at radius 1 is 1.00 bits per heavy atom. The molecule has 3 atom stereocenters. The molecule has 0 radical (unpaired) electrons. The molecule has 31 heavy (non-hydrogen) atoms. The van der Waals surface area contributed by atoms with E-state index in [0.29, 0.717) is 24.7 Å². The smallest absolute Gasteiger partial charge is 0.322 e. The number of thioether (sulfide) groups is 1. The molecule has 0 bridgehead atoms. The number of nitrogens with one attached hydrogen (secondary N) is 2. The Labute approximate surface area is 182 Å². The molecule has 0 fully saturated rings. The first-order valence-corrected chi connectivity index (χ1v) is 10.2. The molecule has 0 spiro atoms. The summed E-state index contributed by atoms with van der Waals surface area (Å²) in [7, 11) is 0. The molecule has 0 aliphatic carbocycles. The highest BCUT2D eigenvalue weighted by Crippen LogP contribution is 2.11. The number of nitrogens with two attached hydrogens (primary N) is 4. The standard InChI is InChI=1S/C16H29N7O7S/c17-8(14(28)29)3-4-11(24)23-10(13(27)22-6-12(25)26)7-31-15(30)9(18)2-1-5-21-16(19)20/h8-10H,1-7,17-18H2,(H,22,27)(H,23,24)(H,25,26)(H,28,29)(H4,19,20,21)/t8-,9-,10-/m0/s1. The van der Waals surface area contributed by atoms with Crippen LogP contribution >= 0.6 is 11.8 Å². The largest absolute Gasteiger partial charge is 0.480 e. The predicted molar refractivity (Wildman–Crippen MR) is 113 cm³/mol. The number of nitrogens with zero attached hydrogens (tertiary/aromatic N) is 1. The van der Waals surface area contributed by atoms with Crippen LogP contribution in [0.2, 0.25) is 0 Å². The monoisotopic (exact) mass is 463 g/mol. The molecule has 0 heterocycles. The molecule has 0 unspecified atom stereocenters. The topological polar surface area (TPSA) is 266 Å². The zero-order chi connectivity index (χ0) is 24.0. The Morgan fingerprint density at radius 3 is 2.19 bits per heavy atom. The maximum absolute atomic E-state index is 12.2. The van der Waals surface area contributed by atoms with Crippen molar-refractivity contribution < 1.29 is 34.2 Å². The van der Waals surface area contributed by atoms with Gasteiger partial charge in [-0.15, -0.1) is 0 Å². The molecule has 0 aromatic carbocycles. The minimum Gasteiger partial charge on any atom is -0.480 e. The van der Waals surface area contributed by atoms with E-state index in [1.54, 1.807) is 0 Å². The number of amides is 2. The number of guanidine groups is 1. The minimum absolute atomic E-state index is 0.0791. The number of hydrogen-bond donors (Lipinski definition) is 8. The van der Waals surface area contributed by atoms with Gasteiger partial charge >= 0.3 is 11.9 Å². The fourth-order valence-electron chi connectivity index (χ4n) is 2.06. The fraction of sp³-hybridized carbons (Fsp3) is 0.625. The number of aliphatic imine (C=N–C) groups is 1. The summed E-state index contributed by atoms with van der Waals surface area (Å²) in [5.41, 5.74) is 21.5. The van der Waals surface area contributed by atoms with E-state index < -0.39 is 53.5 Å². The highest BCUT2D eigenvalue weighted by molar-refractivity contribution is 8.13. The third-order valence-electron chi connectivity index (χ3n) is 3.73. The van der Waals surface area contributed by atoms with E-state index >= 15 is 0 Å². The van der Waals surface area contributed by atoms with Gasteiger partial charge in [-0.3, -0.25) is 29.0 Å². The molecule has 0 aromatic rings. The maximum Gasteiger partial charge on any atom is 0.322 e. The zero-order valence-electron chi connectivity index (χ0n) is 16.8. The van der Waals surface area contributed by atoms with Gasteiger partial charge in [0.15, 0.2) is 5.96 Å². The normalized spacial score (nSPS) is 13.4. The lowest BCUT2D eigenvalue weighted by Gasteiger charge is -2.18. The van der Waals surface area contributed by atoms with Gasteiger partial charge in [0, 0.05) is 18.7 Å². The molecule has 0 aliphatic heterocycles. The van der Waals surface area contributed by atoms with E-state index in [1.165, 1.54) is 0 Å². The first kappa shape index (κ1) is 28.1. The number of carboxylic acid groups (broad SMARTS) is 2. The van der Waals surface area contributed by atoms with Crippen LogP contribution in [0.15, 0.2) is 4.99 Å². The first-order chi connectivity index (χ1) is 14.4. The lowest BCUT2D eigenvalue weighted by molar-refractivity contribution is -0.139. The fourth-order valence-corrected chi connectivity index (χ4v) is 2.95. The van der Waals surface area contributed by atoms with E-state index in [2.05, 4.69) is 15.6 Å². The Balaban J connectivity index is 4.78. The SMILES string of the molecule is NC(N)=NCCC[C@H](N)C(=O)SC[C@H](NC(=O)CC[C@H](N)C(=O)O)C(=O)NCC(=O)O. The summed E-state index contributed by atoms with van der Waals surface area (Å²) in [6.45, 7) is -0.388.